The number of aliphatic hydroxyl groups is 1. The van der Waals surface area contributed by atoms with Gasteiger partial charge in [-0.2, -0.15) is 0 Å². The number of carbonyl (C=O) groups is 1. The molecular formula is C18H19NO2. The van der Waals surface area contributed by atoms with Crippen LogP contribution in [0.4, 0.5) is 0 Å². The van der Waals surface area contributed by atoms with Crippen molar-refractivity contribution in [3.05, 3.63) is 70.3 Å². The van der Waals surface area contributed by atoms with E-state index in [0.29, 0.717) is 12.0 Å². The molecule has 3 nitrogen and oxygen atoms in total. The summed E-state index contributed by atoms with van der Waals surface area (Å²) in [5, 5.41) is 13.2. The van der Waals surface area contributed by atoms with Gasteiger partial charge in [-0.3, -0.25) is 4.79 Å². The van der Waals surface area contributed by atoms with Gasteiger partial charge in [0.1, 0.15) is 0 Å². The van der Waals surface area contributed by atoms with Gasteiger partial charge in [0.05, 0.1) is 12.1 Å². The molecule has 0 saturated carbocycles. The molecule has 1 amide bonds. The second kappa shape index (κ2) is 5.34. The lowest BCUT2D eigenvalue weighted by Gasteiger charge is -2.18. The first-order chi connectivity index (χ1) is 10.1. The van der Waals surface area contributed by atoms with E-state index in [2.05, 4.69) is 5.32 Å². The van der Waals surface area contributed by atoms with E-state index in [4.69, 9.17) is 0 Å². The minimum Gasteiger partial charge on any atom is -0.390 e. The second-order valence-corrected chi connectivity index (χ2v) is 5.74. The summed E-state index contributed by atoms with van der Waals surface area (Å²) in [4.78, 5) is 12.5. The molecule has 0 aliphatic heterocycles. The van der Waals surface area contributed by atoms with Gasteiger partial charge in [0.25, 0.3) is 5.91 Å². The zero-order valence-electron chi connectivity index (χ0n) is 12.3. The van der Waals surface area contributed by atoms with Gasteiger partial charge >= 0.3 is 0 Å². The number of benzene rings is 2. The SMILES string of the molecule is Cc1ccc(C(=O)NC2c3ccccc3CC2O)c(C)c1. The van der Waals surface area contributed by atoms with E-state index in [1.165, 1.54) is 0 Å². The van der Waals surface area contributed by atoms with Crippen LogP contribution < -0.4 is 5.32 Å². The number of hydrogen-bond donors (Lipinski definition) is 2. The molecule has 1 aliphatic rings. The van der Waals surface area contributed by atoms with Gasteiger partial charge in [-0.1, -0.05) is 42.0 Å². The minimum absolute atomic E-state index is 0.131. The lowest BCUT2D eigenvalue weighted by Crippen LogP contribution is -2.34. The van der Waals surface area contributed by atoms with Gasteiger partial charge in [0, 0.05) is 12.0 Å². The predicted molar refractivity (Wildman–Crippen MR) is 82.3 cm³/mol. The van der Waals surface area contributed by atoms with Gasteiger partial charge in [0.2, 0.25) is 0 Å². The van der Waals surface area contributed by atoms with E-state index >= 15 is 0 Å². The minimum atomic E-state index is -0.558. The molecular weight excluding hydrogens is 262 g/mol. The Kier molecular flexibility index (Phi) is 3.52. The van der Waals surface area contributed by atoms with E-state index in [1.54, 1.807) is 0 Å². The molecule has 108 valence electrons. The number of carbonyl (C=O) groups excluding carboxylic acids is 1. The average molecular weight is 281 g/mol. The van der Waals surface area contributed by atoms with E-state index in [9.17, 15) is 9.90 Å². The number of hydrogen-bond acceptors (Lipinski definition) is 2. The monoisotopic (exact) mass is 281 g/mol. The number of nitrogens with one attached hydrogen (secondary N) is 1. The normalized spacial score (nSPS) is 20.1. The maximum absolute atomic E-state index is 12.5. The number of aliphatic hydroxyl groups excluding tert-OH is 1. The predicted octanol–water partition coefficient (Wildman–Crippen LogP) is 2.69. The number of fused-ring (bicyclic) bond motifs is 1. The molecule has 2 N–H and O–H groups in total. The highest BCUT2D eigenvalue weighted by molar-refractivity contribution is 5.96. The summed E-state index contributed by atoms with van der Waals surface area (Å²) in [5.41, 5.74) is 4.87. The van der Waals surface area contributed by atoms with Gasteiger partial charge in [-0.25, -0.2) is 0 Å². The van der Waals surface area contributed by atoms with Crippen LogP contribution in [0, 0.1) is 13.8 Å². The number of amides is 1. The average Bonchev–Trinajstić information content (AvgIpc) is 2.75. The van der Waals surface area contributed by atoms with Crippen molar-refractivity contribution >= 4 is 5.91 Å². The topological polar surface area (TPSA) is 49.3 Å². The highest BCUT2D eigenvalue weighted by Crippen LogP contribution is 2.31. The van der Waals surface area contributed by atoms with Crippen LogP contribution in [0.3, 0.4) is 0 Å². The number of rotatable bonds is 2. The quantitative estimate of drug-likeness (QED) is 0.889. The fourth-order valence-corrected chi connectivity index (χ4v) is 3.04. The third-order valence-corrected chi connectivity index (χ3v) is 4.12. The fourth-order valence-electron chi connectivity index (χ4n) is 3.04. The van der Waals surface area contributed by atoms with Crippen LogP contribution in [-0.2, 0) is 6.42 Å². The first-order valence-corrected chi connectivity index (χ1v) is 7.20. The molecule has 0 saturated heterocycles. The van der Waals surface area contributed by atoms with Crippen LogP contribution in [0.1, 0.15) is 38.7 Å². The Labute approximate surface area is 124 Å². The van der Waals surface area contributed by atoms with Gasteiger partial charge in [-0.15, -0.1) is 0 Å². The smallest absolute Gasteiger partial charge is 0.252 e. The summed E-state index contributed by atoms with van der Waals surface area (Å²) < 4.78 is 0. The molecule has 2 atom stereocenters. The zero-order chi connectivity index (χ0) is 15.0. The lowest BCUT2D eigenvalue weighted by molar-refractivity contribution is 0.0857. The van der Waals surface area contributed by atoms with Crippen molar-refractivity contribution in [2.45, 2.75) is 32.4 Å². The van der Waals surface area contributed by atoms with Crippen molar-refractivity contribution in [1.82, 2.24) is 5.32 Å². The van der Waals surface area contributed by atoms with E-state index < -0.39 is 6.10 Å². The van der Waals surface area contributed by atoms with Gasteiger partial charge < -0.3 is 10.4 Å². The summed E-state index contributed by atoms with van der Waals surface area (Å²) in [6.07, 6.45) is 0.0330. The van der Waals surface area contributed by atoms with Gasteiger partial charge in [-0.05, 0) is 36.6 Å². The standard InChI is InChI=1S/C18H19NO2/c1-11-7-8-14(12(2)9-11)18(21)19-17-15-6-4-3-5-13(15)10-16(17)20/h3-9,16-17,20H,10H2,1-2H3,(H,19,21). The Morgan fingerprint density at radius 3 is 2.71 bits per heavy atom. The van der Waals surface area contributed by atoms with E-state index in [0.717, 1.165) is 22.3 Å². The van der Waals surface area contributed by atoms with Crippen LogP contribution in [0.25, 0.3) is 0 Å². The molecule has 3 heteroatoms. The first-order valence-electron chi connectivity index (χ1n) is 7.20. The van der Waals surface area contributed by atoms with Crippen LogP contribution in [0.2, 0.25) is 0 Å². The maximum atomic E-state index is 12.5. The van der Waals surface area contributed by atoms with Gasteiger partial charge in [0.15, 0.2) is 0 Å². The van der Waals surface area contributed by atoms with Crippen LogP contribution in [-0.4, -0.2) is 17.1 Å². The van der Waals surface area contributed by atoms with Crippen molar-refractivity contribution in [1.29, 1.82) is 0 Å². The summed E-state index contributed by atoms with van der Waals surface area (Å²) in [7, 11) is 0. The van der Waals surface area contributed by atoms with Crippen molar-refractivity contribution in [3.8, 4) is 0 Å². The molecule has 0 heterocycles. The summed E-state index contributed by atoms with van der Waals surface area (Å²) in [5.74, 6) is -0.131. The summed E-state index contributed by atoms with van der Waals surface area (Å²) in [6, 6.07) is 13.3. The Morgan fingerprint density at radius 2 is 1.95 bits per heavy atom. The lowest BCUT2D eigenvalue weighted by atomic mass is 10.0. The molecule has 0 aromatic heterocycles. The van der Waals surface area contributed by atoms with Crippen LogP contribution in [0.5, 0.6) is 0 Å². The third kappa shape index (κ3) is 2.57. The Bertz CT molecular complexity index is 693. The molecule has 3 rings (SSSR count). The summed E-state index contributed by atoms with van der Waals surface area (Å²) >= 11 is 0. The molecule has 0 bridgehead atoms. The van der Waals surface area contributed by atoms with E-state index in [-0.39, 0.29) is 11.9 Å². The molecule has 21 heavy (non-hydrogen) atoms. The molecule has 2 unspecified atom stereocenters. The molecule has 0 spiro atoms. The summed E-state index contributed by atoms with van der Waals surface area (Å²) in [6.45, 7) is 3.94. The van der Waals surface area contributed by atoms with Crippen molar-refractivity contribution in [3.63, 3.8) is 0 Å². The highest BCUT2D eigenvalue weighted by Gasteiger charge is 2.32. The largest absolute Gasteiger partial charge is 0.390 e. The Morgan fingerprint density at radius 1 is 1.19 bits per heavy atom. The molecule has 0 radical (unpaired) electrons. The molecule has 2 aromatic carbocycles. The third-order valence-electron chi connectivity index (χ3n) is 4.12. The highest BCUT2D eigenvalue weighted by atomic mass is 16.3. The van der Waals surface area contributed by atoms with Crippen LogP contribution >= 0.6 is 0 Å². The Hall–Kier alpha value is -2.13. The molecule has 0 fully saturated rings. The van der Waals surface area contributed by atoms with Crippen molar-refractivity contribution in [2.24, 2.45) is 0 Å². The fraction of sp³-hybridized carbons (Fsp3) is 0.278. The second-order valence-electron chi connectivity index (χ2n) is 5.74. The van der Waals surface area contributed by atoms with E-state index in [1.807, 2.05) is 56.3 Å². The Balaban J connectivity index is 1.85. The number of aryl methyl sites for hydroxylation is 2. The van der Waals surface area contributed by atoms with Crippen molar-refractivity contribution < 1.29 is 9.90 Å². The molecule has 2 aromatic rings. The van der Waals surface area contributed by atoms with Crippen molar-refractivity contribution in [2.75, 3.05) is 0 Å². The van der Waals surface area contributed by atoms with Crippen LogP contribution in [0.15, 0.2) is 42.5 Å². The maximum Gasteiger partial charge on any atom is 0.252 e. The molecule has 1 aliphatic carbocycles. The first kappa shape index (κ1) is 13.8. The zero-order valence-corrected chi connectivity index (χ0v) is 12.3.